The Balaban J connectivity index is 3.89. The minimum atomic E-state index is 0.266. The maximum Gasteiger partial charge on any atom is 0.0569 e. The van der Waals surface area contributed by atoms with Crippen LogP contribution in [-0.4, -0.2) is 0 Å². The molecule has 0 spiro atoms. The second kappa shape index (κ2) is 3.02. The van der Waals surface area contributed by atoms with E-state index in [4.69, 9.17) is 0 Å². The summed E-state index contributed by atoms with van der Waals surface area (Å²) in [5.74, 6) is 0. The van der Waals surface area contributed by atoms with E-state index in [0.717, 1.165) is 3.39 Å². The van der Waals surface area contributed by atoms with E-state index in [1.165, 1.54) is 0 Å². The Morgan fingerprint density at radius 1 is 1.25 bits per heavy atom. The van der Waals surface area contributed by atoms with Crippen molar-refractivity contribution in [3.05, 3.63) is 9.47 Å². The molecule has 0 bridgehead atoms. The first kappa shape index (κ1) is 8.70. The molecule has 8 heavy (non-hydrogen) atoms. The molecule has 0 aliphatic heterocycles. The molecule has 2 heteroatoms. The van der Waals surface area contributed by atoms with Gasteiger partial charge < -0.3 is 0 Å². The fourth-order valence-corrected chi connectivity index (χ4v) is 1.70. The van der Waals surface area contributed by atoms with Gasteiger partial charge >= 0.3 is 0 Å². The molecule has 0 aromatic rings. The predicted octanol–water partition coefficient (Wildman–Crippen LogP) is 3.66. The summed E-state index contributed by atoms with van der Waals surface area (Å²) < 4.78 is 1.03. The number of allylic oxidation sites excluding steroid dienone is 1. The first-order valence-electron chi connectivity index (χ1n) is 2.46. The molecular weight excluding hydrogens is 232 g/mol. The third kappa shape index (κ3) is 6.70. The van der Waals surface area contributed by atoms with E-state index in [1.807, 2.05) is 0 Å². The molecule has 0 saturated heterocycles. The Hall–Kier alpha value is 0.700. The fraction of sp³-hybridized carbons (Fsp3) is 0.667. The molecule has 0 amide bonds. The van der Waals surface area contributed by atoms with Crippen LogP contribution < -0.4 is 0 Å². The van der Waals surface area contributed by atoms with Gasteiger partial charge in [0.2, 0.25) is 0 Å². The molecule has 0 N–H and O–H groups in total. The maximum absolute atomic E-state index is 3.29. The van der Waals surface area contributed by atoms with E-state index < -0.39 is 0 Å². The Labute approximate surface area is 67.6 Å². The first-order chi connectivity index (χ1) is 3.42. The van der Waals surface area contributed by atoms with Gasteiger partial charge in [0.05, 0.1) is 3.39 Å². The van der Waals surface area contributed by atoms with E-state index in [2.05, 4.69) is 58.7 Å². The average molecular weight is 242 g/mol. The average Bonchev–Trinajstić information content (AvgIpc) is 1.21. The zero-order valence-electron chi connectivity index (χ0n) is 5.33. The first-order valence-corrected chi connectivity index (χ1v) is 4.04. The normalized spacial score (nSPS) is 11.1. The van der Waals surface area contributed by atoms with Crippen LogP contribution in [0.2, 0.25) is 0 Å². The van der Waals surface area contributed by atoms with Crippen LogP contribution in [0.15, 0.2) is 9.47 Å². The summed E-state index contributed by atoms with van der Waals surface area (Å²) in [4.78, 5) is 0. The Morgan fingerprint density at radius 3 is 1.62 bits per heavy atom. The van der Waals surface area contributed by atoms with Gasteiger partial charge in [0.1, 0.15) is 0 Å². The smallest absolute Gasteiger partial charge is 0.0569 e. The van der Waals surface area contributed by atoms with Crippen LogP contribution in [0.5, 0.6) is 0 Å². The molecule has 0 aromatic carbocycles. The summed E-state index contributed by atoms with van der Waals surface area (Å²) in [6, 6.07) is 0. The van der Waals surface area contributed by atoms with Crippen molar-refractivity contribution in [3.63, 3.8) is 0 Å². The molecule has 0 aromatic heterocycles. The lowest BCUT2D eigenvalue weighted by Gasteiger charge is -2.10. The van der Waals surface area contributed by atoms with E-state index >= 15 is 0 Å². The summed E-state index contributed by atoms with van der Waals surface area (Å²) in [5.41, 5.74) is 0.266. The minimum Gasteiger partial charge on any atom is -0.0578 e. The predicted molar refractivity (Wildman–Crippen MR) is 45.4 cm³/mol. The summed E-state index contributed by atoms with van der Waals surface area (Å²) in [6.07, 6.45) is 2.10. The highest BCUT2D eigenvalue weighted by atomic mass is 79.9. The number of halogens is 2. The van der Waals surface area contributed by atoms with Crippen LogP contribution in [0, 0.1) is 5.41 Å². The van der Waals surface area contributed by atoms with Crippen LogP contribution in [0.1, 0.15) is 20.8 Å². The molecule has 0 atom stereocenters. The molecule has 0 heterocycles. The number of rotatable bonds is 0. The Morgan fingerprint density at radius 2 is 1.62 bits per heavy atom. The molecule has 0 fully saturated rings. The summed E-state index contributed by atoms with van der Waals surface area (Å²) >= 11 is 6.58. The van der Waals surface area contributed by atoms with Crippen molar-refractivity contribution in [1.29, 1.82) is 0 Å². The zero-order chi connectivity index (χ0) is 6.78. The largest absolute Gasteiger partial charge is 0.0578 e. The Bertz CT molecular complexity index is 93.6. The Kier molecular flexibility index (Phi) is 3.28. The lowest BCUT2D eigenvalue weighted by molar-refractivity contribution is 0.545. The van der Waals surface area contributed by atoms with Gasteiger partial charge in [-0.1, -0.05) is 26.8 Å². The highest BCUT2D eigenvalue weighted by Gasteiger charge is 2.04. The molecule has 0 aliphatic rings. The van der Waals surface area contributed by atoms with Gasteiger partial charge in [-0.15, -0.1) is 0 Å². The van der Waals surface area contributed by atoms with E-state index in [1.54, 1.807) is 0 Å². The second-order valence-corrected chi connectivity index (χ2v) is 5.57. The monoisotopic (exact) mass is 240 g/mol. The van der Waals surface area contributed by atoms with Gasteiger partial charge in [-0.05, 0) is 37.3 Å². The SMILES string of the molecule is CC(C)(C)C=C(Br)Br. The molecule has 0 saturated carbocycles. The highest BCUT2D eigenvalue weighted by molar-refractivity contribution is 9.28. The van der Waals surface area contributed by atoms with Crippen LogP contribution in [0.4, 0.5) is 0 Å². The number of hydrogen-bond acceptors (Lipinski definition) is 0. The third-order valence-corrected chi connectivity index (χ3v) is 1.000. The van der Waals surface area contributed by atoms with Crippen LogP contribution in [-0.2, 0) is 0 Å². The molecular formula is C6H10Br2. The van der Waals surface area contributed by atoms with Gasteiger partial charge in [0.15, 0.2) is 0 Å². The number of hydrogen-bond donors (Lipinski definition) is 0. The van der Waals surface area contributed by atoms with Crippen LogP contribution in [0.25, 0.3) is 0 Å². The highest BCUT2D eigenvalue weighted by Crippen LogP contribution is 2.23. The van der Waals surface area contributed by atoms with Crippen molar-refractivity contribution < 1.29 is 0 Å². The van der Waals surface area contributed by atoms with Crippen molar-refractivity contribution in [1.82, 2.24) is 0 Å². The summed E-state index contributed by atoms with van der Waals surface area (Å²) in [6.45, 7) is 6.44. The lowest BCUT2D eigenvalue weighted by atomic mass is 9.98. The lowest BCUT2D eigenvalue weighted by Crippen LogP contribution is -1.97. The molecule has 0 rings (SSSR count). The van der Waals surface area contributed by atoms with Gasteiger partial charge in [0.25, 0.3) is 0 Å². The minimum absolute atomic E-state index is 0.266. The van der Waals surface area contributed by atoms with Crippen molar-refractivity contribution in [2.24, 2.45) is 5.41 Å². The van der Waals surface area contributed by atoms with Gasteiger partial charge in [-0.2, -0.15) is 0 Å². The maximum atomic E-state index is 3.29. The molecule has 0 nitrogen and oxygen atoms in total. The van der Waals surface area contributed by atoms with Crippen LogP contribution >= 0.6 is 31.9 Å². The standard InChI is InChI=1S/C6H10Br2/c1-6(2,3)4-5(7)8/h4H,1-3H3. The van der Waals surface area contributed by atoms with E-state index in [-0.39, 0.29) is 5.41 Å². The van der Waals surface area contributed by atoms with Crippen molar-refractivity contribution in [2.75, 3.05) is 0 Å². The molecule has 0 aliphatic carbocycles. The van der Waals surface area contributed by atoms with E-state index in [0.29, 0.717) is 0 Å². The summed E-state index contributed by atoms with van der Waals surface area (Å²) in [7, 11) is 0. The van der Waals surface area contributed by atoms with Gasteiger partial charge in [-0.3, -0.25) is 0 Å². The second-order valence-electron chi connectivity index (χ2n) is 2.80. The molecule has 0 radical (unpaired) electrons. The fourth-order valence-electron chi connectivity index (χ4n) is 0.327. The van der Waals surface area contributed by atoms with Crippen molar-refractivity contribution in [3.8, 4) is 0 Å². The quantitative estimate of drug-likeness (QED) is 0.607. The zero-order valence-corrected chi connectivity index (χ0v) is 8.51. The third-order valence-electron chi connectivity index (χ3n) is 0.542. The topological polar surface area (TPSA) is 0 Å². The van der Waals surface area contributed by atoms with E-state index in [9.17, 15) is 0 Å². The van der Waals surface area contributed by atoms with Crippen molar-refractivity contribution >= 4 is 31.9 Å². The summed E-state index contributed by atoms with van der Waals surface area (Å²) in [5, 5.41) is 0. The molecule has 48 valence electrons. The van der Waals surface area contributed by atoms with Gasteiger partial charge in [-0.25, -0.2) is 0 Å². The van der Waals surface area contributed by atoms with Gasteiger partial charge in [0, 0.05) is 0 Å². The van der Waals surface area contributed by atoms with Crippen molar-refractivity contribution in [2.45, 2.75) is 20.8 Å². The van der Waals surface area contributed by atoms with Crippen LogP contribution in [0.3, 0.4) is 0 Å². The molecule has 0 unspecified atom stereocenters.